The van der Waals surface area contributed by atoms with E-state index in [4.69, 9.17) is 4.74 Å². The van der Waals surface area contributed by atoms with Crippen molar-refractivity contribution in [2.75, 3.05) is 6.54 Å². The fraction of sp³-hybridized carbons (Fsp3) is 0.947. The number of carbonyl (C=O) groups excluding carboxylic acids is 1. The summed E-state index contributed by atoms with van der Waals surface area (Å²) in [5, 5.41) is 3.76. The zero-order valence-electron chi connectivity index (χ0n) is 15.7. The van der Waals surface area contributed by atoms with Crippen LogP contribution in [-0.4, -0.2) is 41.3 Å². The fourth-order valence-electron chi connectivity index (χ4n) is 3.81. The van der Waals surface area contributed by atoms with Gasteiger partial charge < -0.3 is 15.0 Å². The van der Waals surface area contributed by atoms with Gasteiger partial charge in [0, 0.05) is 24.7 Å². The summed E-state index contributed by atoms with van der Waals surface area (Å²) in [6, 6.07) is 1.35. The highest BCUT2D eigenvalue weighted by Gasteiger charge is 2.32. The van der Waals surface area contributed by atoms with Crippen molar-refractivity contribution in [1.82, 2.24) is 10.2 Å². The summed E-state index contributed by atoms with van der Waals surface area (Å²) in [7, 11) is 0. The van der Waals surface area contributed by atoms with Crippen LogP contribution >= 0.6 is 0 Å². The zero-order valence-corrected chi connectivity index (χ0v) is 15.7. The summed E-state index contributed by atoms with van der Waals surface area (Å²) in [5.41, 5.74) is -0.415. The summed E-state index contributed by atoms with van der Waals surface area (Å²) >= 11 is 0. The smallest absolute Gasteiger partial charge is 0.410 e. The third kappa shape index (κ3) is 5.66. The summed E-state index contributed by atoms with van der Waals surface area (Å²) in [5.74, 6) is 0.853. The minimum absolute atomic E-state index is 0.138. The van der Waals surface area contributed by atoms with E-state index in [1.165, 1.54) is 25.7 Å². The molecule has 0 aromatic rings. The Morgan fingerprint density at radius 3 is 2.43 bits per heavy atom. The van der Waals surface area contributed by atoms with Crippen LogP contribution in [0.15, 0.2) is 0 Å². The molecule has 3 atom stereocenters. The Morgan fingerprint density at radius 1 is 1.17 bits per heavy atom. The topological polar surface area (TPSA) is 41.6 Å². The van der Waals surface area contributed by atoms with Gasteiger partial charge in [0.1, 0.15) is 5.60 Å². The Labute approximate surface area is 142 Å². The third-order valence-electron chi connectivity index (χ3n) is 5.29. The van der Waals surface area contributed by atoms with Crippen molar-refractivity contribution in [3.05, 3.63) is 0 Å². The molecule has 0 spiro atoms. The number of amides is 1. The molecule has 4 heteroatoms. The Bertz CT molecular complexity index is 387. The summed E-state index contributed by atoms with van der Waals surface area (Å²) in [6.45, 7) is 11.2. The first kappa shape index (κ1) is 18.6. The molecule has 4 nitrogen and oxygen atoms in total. The largest absolute Gasteiger partial charge is 0.444 e. The third-order valence-corrected chi connectivity index (χ3v) is 5.29. The van der Waals surface area contributed by atoms with Crippen molar-refractivity contribution >= 4 is 6.09 Å². The predicted octanol–water partition coefficient (Wildman–Crippen LogP) is 4.33. The Kier molecular flexibility index (Phi) is 6.35. The van der Waals surface area contributed by atoms with Gasteiger partial charge in [-0.15, -0.1) is 0 Å². The van der Waals surface area contributed by atoms with Crippen LogP contribution in [0.2, 0.25) is 0 Å². The Balaban J connectivity index is 1.85. The number of carbonyl (C=O) groups is 1. The Morgan fingerprint density at radius 2 is 1.87 bits per heavy atom. The zero-order chi connectivity index (χ0) is 17.0. The van der Waals surface area contributed by atoms with Crippen molar-refractivity contribution in [2.45, 2.75) is 103 Å². The molecular weight excluding hydrogens is 288 g/mol. The van der Waals surface area contributed by atoms with Gasteiger partial charge in [-0.25, -0.2) is 4.79 Å². The second kappa shape index (κ2) is 7.87. The molecule has 2 aliphatic rings. The number of hydrogen-bond donors (Lipinski definition) is 1. The van der Waals surface area contributed by atoms with Gasteiger partial charge in [-0.1, -0.05) is 6.42 Å². The maximum atomic E-state index is 12.5. The first-order valence-corrected chi connectivity index (χ1v) is 9.52. The second-order valence-electron chi connectivity index (χ2n) is 8.61. The van der Waals surface area contributed by atoms with Crippen LogP contribution in [-0.2, 0) is 4.74 Å². The molecule has 1 amide bonds. The van der Waals surface area contributed by atoms with E-state index in [1.54, 1.807) is 0 Å². The van der Waals surface area contributed by atoms with E-state index < -0.39 is 5.60 Å². The lowest BCUT2D eigenvalue weighted by molar-refractivity contribution is 0.00763. The van der Waals surface area contributed by atoms with Gasteiger partial charge in [-0.2, -0.15) is 0 Å². The molecule has 2 rings (SSSR count). The quantitative estimate of drug-likeness (QED) is 0.818. The minimum atomic E-state index is -0.415. The van der Waals surface area contributed by atoms with E-state index in [0.29, 0.717) is 18.1 Å². The number of nitrogens with zero attached hydrogens (tertiary/aromatic N) is 1. The standard InChI is InChI=1S/C19H36N2O2/c1-14(20-15(2)16-9-8-10-16)13-17-11-6-7-12-21(17)18(22)23-19(3,4)5/h14-17,20H,6-13H2,1-5H3. The molecular formula is C19H36N2O2. The van der Waals surface area contributed by atoms with Crippen LogP contribution < -0.4 is 5.32 Å². The minimum Gasteiger partial charge on any atom is -0.444 e. The first-order valence-electron chi connectivity index (χ1n) is 9.52. The Hall–Kier alpha value is -0.770. The van der Waals surface area contributed by atoms with Gasteiger partial charge in [0.2, 0.25) is 0 Å². The summed E-state index contributed by atoms with van der Waals surface area (Å²) in [6.07, 6.45) is 8.43. The number of piperidine rings is 1. The highest BCUT2D eigenvalue weighted by Crippen LogP contribution is 2.30. The molecule has 0 radical (unpaired) electrons. The van der Waals surface area contributed by atoms with E-state index in [2.05, 4.69) is 19.2 Å². The van der Waals surface area contributed by atoms with E-state index in [-0.39, 0.29) is 6.09 Å². The molecule has 0 aromatic heterocycles. The van der Waals surface area contributed by atoms with Crippen LogP contribution in [0.5, 0.6) is 0 Å². The molecule has 1 aliphatic heterocycles. The molecule has 0 bridgehead atoms. The monoisotopic (exact) mass is 324 g/mol. The lowest BCUT2D eigenvalue weighted by atomic mass is 9.80. The van der Waals surface area contributed by atoms with E-state index in [0.717, 1.165) is 31.7 Å². The summed E-state index contributed by atoms with van der Waals surface area (Å²) in [4.78, 5) is 14.4. The summed E-state index contributed by atoms with van der Waals surface area (Å²) < 4.78 is 5.60. The van der Waals surface area contributed by atoms with Gasteiger partial charge >= 0.3 is 6.09 Å². The van der Waals surface area contributed by atoms with Crippen molar-refractivity contribution in [3.63, 3.8) is 0 Å². The number of likely N-dealkylation sites (tertiary alicyclic amines) is 1. The van der Waals surface area contributed by atoms with E-state index in [1.807, 2.05) is 25.7 Å². The van der Waals surface area contributed by atoms with Gasteiger partial charge in [0.25, 0.3) is 0 Å². The van der Waals surface area contributed by atoms with Crippen molar-refractivity contribution < 1.29 is 9.53 Å². The first-order chi connectivity index (χ1) is 10.8. The molecule has 3 unspecified atom stereocenters. The maximum Gasteiger partial charge on any atom is 0.410 e. The molecule has 2 fully saturated rings. The van der Waals surface area contributed by atoms with Crippen molar-refractivity contribution in [2.24, 2.45) is 5.92 Å². The van der Waals surface area contributed by atoms with Crippen LogP contribution in [0, 0.1) is 5.92 Å². The molecule has 23 heavy (non-hydrogen) atoms. The number of ether oxygens (including phenoxy) is 1. The SMILES string of the molecule is CC(CC1CCCCN1C(=O)OC(C)(C)C)NC(C)C1CCC1. The molecule has 0 aromatic carbocycles. The maximum absolute atomic E-state index is 12.5. The molecule has 1 N–H and O–H groups in total. The molecule has 1 heterocycles. The lowest BCUT2D eigenvalue weighted by Crippen LogP contribution is -2.50. The highest BCUT2D eigenvalue weighted by molar-refractivity contribution is 5.68. The number of rotatable bonds is 5. The van der Waals surface area contributed by atoms with Crippen LogP contribution in [0.4, 0.5) is 4.79 Å². The van der Waals surface area contributed by atoms with E-state index in [9.17, 15) is 4.79 Å². The van der Waals surface area contributed by atoms with Crippen LogP contribution in [0.25, 0.3) is 0 Å². The lowest BCUT2D eigenvalue weighted by Gasteiger charge is -2.39. The van der Waals surface area contributed by atoms with Crippen LogP contribution in [0.3, 0.4) is 0 Å². The number of hydrogen-bond acceptors (Lipinski definition) is 3. The molecule has 134 valence electrons. The van der Waals surface area contributed by atoms with Gasteiger partial charge in [0.15, 0.2) is 0 Å². The van der Waals surface area contributed by atoms with Crippen LogP contribution in [0.1, 0.15) is 79.6 Å². The van der Waals surface area contributed by atoms with E-state index >= 15 is 0 Å². The van der Waals surface area contributed by atoms with Crippen molar-refractivity contribution in [3.8, 4) is 0 Å². The van der Waals surface area contributed by atoms with Gasteiger partial charge in [-0.3, -0.25) is 0 Å². The fourth-order valence-corrected chi connectivity index (χ4v) is 3.81. The number of nitrogens with one attached hydrogen (secondary N) is 1. The van der Waals surface area contributed by atoms with Gasteiger partial charge in [-0.05, 0) is 79.1 Å². The van der Waals surface area contributed by atoms with Gasteiger partial charge in [0.05, 0.1) is 0 Å². The van der Waals surface area contributed by atoms with Crippen molar-refractivity contribution in [1.29, 1.82) is 0 Å². The molecule has 1 saturated carbocycles. The normalized spacial score (nSPS) is 25.6. The average molecular weight is 325 g/mol. The second-order valence-corrected chi connectivity index (χ2v) is 8.61. The average Bonchev–Trinajstić information content (AvgIpc) is 2.34. The predicted molar refractivity (Wildman–Crippen MR) is 94.6 cm³/mol. The highest BCUT2D eigenvalue weighted by atomic mass is 16.6. The molecule has 1 saturated heterocycles. The molecule has 1 aliphatic carbocycles.